The van der Waals surface area contributed by atoms with E-state index in [0.717, 1.165) is 5.56 Å². The Kier molecular flexibility index (Phi) is 4.24. The van der Waals surface area contributed by atoms with Crippen molar-refractivity contribution in [2.45, 2.75) is 6.61 Å². The monoisotopic (exact) mass is 296 g/mol. The van der Waals surface area contributed by atoms with Crippen LogP contribution in [0.1, 0.15) is 15.9 Å². The minimum atomic E-state index is -0.523. The summed E-state index contributed by atoms with van der Waals surface area (Å²) < 4.78 is 5.51. The molecule has 0 spiro atoms. The number of aromatic nitrogens is 1. The maximum Gasteiger partial charge on any atom is 0.248 e. The molecule has 19 heavy (non-hydrogen) atoms. The van der Waals surface area contributed by atoms with E-state index >= 15 is 0 Å². The van der Waals surface area contributed by atoms with Crippen LogP contribution >= 0.6 is 23.2 Å². The summed E-state index contributed by atoms with van der Waals surface area (Å²) in [6.45, 7) is 0.225. The Morgan fingerprint density at radius 1 is 1.32 bits per heavy atom. The van der Waals surface area contributed by atoms with Crippen molar-refractivity contribution in [2.75, 3.05) is 0 Å². The molecule has 0 saturated carbocycles. The van der Waals surface area contributed by atoms with E-state index in [-0.39, 0.29) is 11.8 Å². The molecule has 6 heteroatoms. The van der Waals surface area contributed by atoms with Crippen LogP contribution in [0, 0.1) is 0 Å². The van der Waals surface area contributed by atoms with Crippen molar-refractivity contribution >= 4 is 29.1 Å². The average Bonchev–Trinajstić information content (AvgIpc) is 2.39. The Bertz CT molecular complexity index is 617. The van der Waals surface area contributed by atoms with Gasteiger partial charge in [-0.3, -0.25) is 4.79 Å². The molecule has 0 saturated heterocycles. The standard InChI is InChI=1S/C13H10Cl2N2O2/c14-10-6-8(13(16)18)3-4-9(10)7-19-11-2-1-5-17-12(11)15/h1-6H,7H2,(H2,16,18). The second-order valence-corrected chi connectivity index (χ2v) is 4.52. The number of amides is 1. The molecule has 0 aliphatic rings. The molecule has 1 heterocycles. The summed E-state index contributed by atoms with van der Waals surface area (Å²) >= 11 is 11.9. The Morgan fingerprint density at radius 2 is 2.11 bits per heavy atom. The first kappa shape index (κ1) is 13.6. The van der Waals surface area contributed by atoms with Crippen LogP contribution in [-0.4, -0.2) is 10.9 Å². The van der Waals surface area contributed by atoms with Gasteiger partial charge in [-0.1, -0.05) is 29.3 Å². The van der Waals surface area contributed by atoms with Gasteiger partial charge in [0.2, 0.25) is 5.91 Å². The fourth-order valence-corrected chi connectivity index (χ4v) is 1.86. The highest BCUT2D eigenvalue weighted by atomic mass is 35.5. The number of ether oxygens (including phenoxy) is 1. The third kappa shape index (κ3) is 3.36. The predicted molar refractivity (Wildman–Crippen MR) is 73.5 cm³/mol. The molecule has 0 unspecified atom stereocenters. The Hall–Kier alpha value is -1.78. The van der Waals surface area contributed by atoms with Crippen LogP contribution < -0.4 is 10.5 Å². The van der Waals surface area contributed by atoms with Crippen molar-refractivity contribution in [3.05, 3.63) is 57.8 Å². The van der Waals surface area contributed by atoms with Gasteiger partial charge in [-0.2, -0.15) is 0 Å². The van der Waals surface area contributed by atoms with Gasteiger partial charge >= 0.3 is 0 Å². The van der Waals surface area contributed by atoms with Gasteiger partial charge in [0.15, 0.2) is 10.9 Å². The molecule has 0 aliphatic heterocycles. The number of benzene rings is 1. The van der Waals surface area contributed by atoms with Crippen LogP contribution in [0.25, 0.3) is 0 Å². The highest BCUT2D eigenvalue weighted by Crippen LogP contribution is 2.24. The van der Waals surface area contributed by atoms with Gasteiger partial charge in [-0.15, -0.1) is 0 Å². The van der Waals surface area contributed by atoms with Crippen LogP contribution in [0.5, 0.6) is 5.75 Å². The lowest BCUT2D eigenvalue weighted by molar-refractivity contribution is 0.1000. The predicted octanol–water partition coefficient (Wildman–Crippen LogP) is 3.07. The van der Waals surface area contributed by atoms with Crippen LogP contribution in [0.15, 0.2) is 36.5 Å². The first-order valence-electron chi connectivity index (χ1n) is 5.39. The van der Waals surface area contributed by atoms with Gasteiger partial charge in [-0.05, 0) is 24.3 Å². The zero-order chi connectivity index (χ0) is 13.8. The molecule has 98 valence electrons. The van der Waals surface area contributed by atoms with Crippen LogP contribution in [-0.2, 0) is 6.61 Å². The van der Waals surface area contributed by atoms with Crippen molar-refractivity contribution in [3.63, 3.8) is 0 Å². The molecule has 0 radical (unpaired) electrons. The number of carbonyl (C=O) groups excluding carboxylic acids is 1. The number of pyridine rings is 1. The molecule has 1 amide bonds. The van der Waals surface area contributed by atoms with Crippen molar-refractivity contribution in [1.82, 2.24) is 4.98 Å². The Morgan fingerprint density at radius 3 is 2.74 bits per heavy atom. The molecule has 0 aliphatic carbocycles. The van der Waals surface area contributed by atoms with E-state index in [9.17, 15) is 4.79 Å². The number of hydrogen-bond acceptors (Lipinski definition) is 3. The molecule has 2 aromatic rings. The van der Waals surface area contributed by atoms with Gasteiger partial charge < -0.3 is 10.5 Å². The van der Waals surface area contributed by atoms with Gasteiger partial charge in [0, 0.05) is 22.3 Å². The third-order valence-corrected chi connectivity index (χ3v) is 3.08. The first-order valence-corrected chi connectivity index (χ1v) is 6.15. The minimum absolute atomic E-state index is 0.225. The van der Waals surface area contributed by atoms with E-state index in [1.165, 1.54) is 6.07 Å². The molecule has 1 aromatic heterocycles. The number of rotatable bonds is 4. The van der Waals surface area contributed by atoms with Crippen LogP contribution in [0.2, 0.25) is 10.2 Å². The highest BCUT2D eigenvalue weighted by molar-refractivity contribution is 6.31. The van der Waals surface area contributed by atoms with Gasteiger partial charge in [-0.25, -0.2) is 4.98 Å². The summed E-state index contributed by atoms with van der Waals surface area (Å²) in [6, 6.07) is 8.22. The van der Waals surface area contributed by atoms with Crippen LogP contribution in [0.4, 0.5) is 0 Å². The molecule has 2 rings (SSSR count). The van der Waals surface area contributed by atoms with E-state index in [1.54, 1.807) is 30.5 Å². The summed E-state index contributed by atoms with van der Waals surface area (Å²) in [4.78, 5) is 14.9. The number of nitrogens with zero attached hydrogens (tertiary/aromatic N) is 1. The molecule has 1 aromatic carbocycles. The lowest BCUT2D eigenvalue weighted by Gasteiger charge is -2.09. The van der Waals surface area contributed by atoms with Crippen molar-refractivity contribution in [3.8, 4) is 5.75 Å². The molecule has 4 nitrogen and oxygen atoms in total. The molecule has 0 atom stereocenters. The zero-order valence-corrected chi connectivity index (χ0v) is 11.3. The zero-order valence-electron chi connectivity index (χ0n) is 9.77. The van der Waals surface area contributed by atoms with Crippen LogP contribution in [0.3, 0.4) is 0 Å². The lowest BCUT2D eigenvalue weighted by atomic mass is 10.1. The third-order valence-electron chi connectivity index (χ3n) is 2.45. The van der Waals surface area contributed by atoms with Crippen molar-refractivity contribution < 1.29 is 9.53 Å². The van der Waals surface area contributed by atoms with E-state index in [2.05, 4.69) is 4.98 Å². The van der Waals surface area contributed by atoms with E-state index in [0.29, 0.717) is 16.3 Å². The average molecular weight is 297 g/mol. The second-order valence-electron chi connectivity index (χ2n) is 3.75. The topological polar surface area (TPSA) is 65.2 Å². The number of carbonyl (C=O) groups is 1. The first-order chi connectivity index (χ1) is 9.08. The molecular formula is C13H10Cl2N2O2. The molecule has 2 N–H and O–H groups in total. The summed E-state index contributed by atoms with van der Waals surface area (Å²) in [6.07, 6.45) is 1.57. The number of halogens is 2. The highest BCUT2D eigenvalue weighted by Gasteiger charge is 2.07. The SMILES string of the molecule is NC(=O)c1ccc(COc2cccnc2Cl)c(Cl)c1. The second kappa shape index (κ2) is 5.91. The number of hydrogen-bond donors (Lipinski definition) is 1. The fraction of sp³-hybridized carbons (Fsp3) is 0.0769. The largest absolute Gasteiger partial charge is 0.486 e. The fourth-order valence-electron chi connectivity index (χ4n) is 1.45. The van der Waals surface area contributed by atoms with Gasteiger partial charge in [0.05, 0.1) is 0 Å². The Labute approximate surface area is 120 Å². The molecule has 0 fully saturated rings. The minimum Gasteiger partial charge on any atom is -0.486 e. The summed E-state index contributed by atoms with van der Waals surface area (Å²) in [5, 5.41) is 0.698. The normalized spacial score (nSPS) is 10.2. The summed E-state index contributed by atoms with van der Waals surface area (Å²) in [5.74, 6) is -0.0520. The van der Waals surface area contributed by atoms with Gasteiger partial charge in [0.1, 0.15) is 6.61 Å². The van der Waals surface area contributed by atoms with Crippen molar-refractivity contribution in [1.29, 1.82) is 0 Å². The van der Waals surface area contributed by atoms with Gasteiger partial charge in [0.25, 0.3) is 0 Å². The molecular weight excluding hydrogens is 287 g/mol. The molecule has 0 bridgehead atoms. The maximum absolute atomic E-state index is 11.0. The summed E-state index contributed by atoms with van der Waals surface area (Å²) in [7, 11) is 0. The quantitative estimate of drug-likeness (QED) is 0.882. The van der Waals surface area contributed by atoms with Crippen molar-refractivity contribution in [2.24, 2.45) is 5.73 Å². The smallest absolute Gasteiger partial charge is 0.248 e. The van der Waals surface area contributed by atoms with E-state index in [4.69, 9.17) is 33.7 Å². The van der Waals surface area contributed by atoms with E-state index in [1.807, 2.05) is 0 Å². The summed E-state index contributed by atoms with van der Waals surface area (Å²) in [5.41, 5.74) is 6.25. The number of primary amides is 1. The maximum atomic E-state index is 11.0. The van der Waals surface area contributed by atoms with E-state index < -0.39 is 5.91 Å². The lowest BCUT2D eigenvalue weighted by Crippen LogP contribution is -2.11. The number of nitrogens with two attached hydrogens (primary N) is 1. The Balaban J connectivity index is 2.12.